The smallest absolute Gasteiger partial charge is 0.291 e. The number of nitrogens with two attached hydrogens (primary N) is 1. The molecule has 0 bridgehead atoms. The fraction of sp³-hybridized carbons (Fsp3) is 1.00. The van der Waals surface area contributed by atoms with E-state index in [4.69, 9.17) is 30.6 Å². The minimum absolute atomic E-state index is 1.50. The third kappa shape index (κ3) is 67.9. The van der Waals surface area contributed by atoms with Crippen LogP contribution in [0.1, 0.15) is 0 Å². The molecule has 0 unspecified atom stereocenters. The highest BCUT2D eigenvalue weighted by molar-refractivity contribution is 4.03. The van der Waals surface area contributed by atoms with Crippen molar-refractivity contribution in [3.63, 3.8) is 0 Å². The minimum atomic E-state index is -1.75. The maximum absolute atomic E-state index is 8.36. The molecule has 0 aromatic rings. The molecule has 0 atom stereocenters. The van der Waals surface area contributed by atoms with Gasteiger partial charge in [0.2, 0.25) is 0 Å². The summed E-state index contributed by atoms with van der Waals surface area (Å²) in [6.45, 7) is 0. The van der Waals surface area contributed by atoms with Crippen LogP contribution in [0.4, 0.5) is 0 Å². The van der Waals surface area contributed by atoms with E-state index in [1.165, 1.54) is 7.05 Å². The maximum atomic E-state index is 8.36. The van der Waals surface area contributed by atoms with Gasteiger partial charge in [0, 0.05) is 0 Å². The Labute approximate surface area is 54.9 Å². The van der Waals surface area contributed by atoms with Gasteiger partial charge >= 0.3 is 0 Å². The molecule has 0 saturated carbocycles. The fourth-order valence-electron chi connectivity index (χ4n) is 0. The van der Waals surface area contributed by atoms with Gasteiger partial charge in [-0.3, -0.25) is 0 Å². The molecule has 62 valence electrons. The molecule has 0 radical (unpaired) electrons. The van der Waals surface area contributed by atoms with Crippen LogP contribution in [0.2, 0.25) is 0 Å². The fourth-order valence-corrected chi connectivity index (χ4v) is 0. The third-order valence-electron chi connectivity index (χ3n) is 0. The van der Waals surface area contributed by atoms with Crippen LogP contribution in [0, 0.1) is 25.4 Å². The van der Waals surface area contributed by atoms with Gasteiger partial charge in [0.15, 0.2) is 0 Å². The van der Waals surface area contributed by atoms with Gasteiger partial charge in [0.25, 0.3) is 5.09 Å². The Balaban J connectivity index is -0.0000000787. The molecule has 0 aliphatic heterocycles. The van der Waals surface area contributed by atoms with E-state index >= 15 is 0 Å². The molecule has 0 heterocycles. The van der Waals surface area contributed by atoms with Crippen LogP contribution in [0.3, 0.4) is 0 Å². The molecule has 0 aromatic carbocycles. The topological polar surface area (TPSA) is 156 Å². The summed E-state index contributed by atoms with van der Waals surface area (Å²) in [7, 11) is 1.50. The minimum Gasteiger partial charge on any atom is -0.356 e. The number of hydrogen-bond acceptors (Lipinski definition) is 6. The summed E-state index contributed by atoms with van der Waals surface area (Å²) in [4.78, 5) is 16.6. The monoisotopic (exact) mass is 156 g/mol. The average molecular weight is 156 g/mol. The van der Waals surface area contributed by atoms with Crippen molar-refractivity contribution in [1.82, 2.24) is 0 Å². The van der Waals surface area contributed by atoms with Gasteiger partial charge in [0.1, 0.15) is 0 Å². The molecule has 9 heteroatoms. The maximum Gasteiger partial charge on any atom is 0.291 e. The van der Waals surface area contributed by atoms with E-state index in [9.17, 15) is 0 Å². The normalized spacial score (nSPS) is 5.40. The van der Waals surface area contributed by atoms with Crippen LogP contribution in [-0.4, -0.2) is 22.4 Å². The van der Waals surface area contributed by atoms with E-state index in [1.54, 1.807) is 0 Å². The Morgan fingerprint density at radius 1 is 1.20 bits per heavy atom. The lowest BCUT2D eigenvalue weighted by atomic mass is 11.6. The Hall–Kier alpha value is -1.64. The van der Waals surface area contributed by atoms with Crippen molar-refractivity contribution in [3.05, 3.63) is 25.4 Å². The van der Waals surface area contributed by atoms with Gasteiger partial charge in [-0.15, -0.1) is 10.1 Å². The second kappa shape index (κ2) is 15.7. The van der Waals surface area contributed by atoms with E-state index in [2.05, 4.69) is 5.73 Å². The lowest BCUT2D eigenvalue weighted by Gasteiger charge is -1.74. The highest BCUT2D eigenvalue weighted by Crippen LogP contribution is 1.44. The molecule has 0 fully saturated rings. The first kappa shape index (κ1) is 15.8. The Bertz CT molecular complexity index is 71.0. The van der Waals surface area contributed by atoms with Crippen molar-refractivity contribution in [2.75, 3.05) is 7.05 Å². The van der Waals surface area contributed by atoms with Crippen LogP contribution in [0.15, 0.2) is 0 Å². The summed E-state index contributed by atoms with van der Waals surface area (Å²) in [5.41, 5.74) is 4.50. The van der Waals surface area contributed by atoms with E-state index in [0.29, 0.717) is 0 Å². The van der Waals surface area contributed by atoms with Crippen LogP contribution >= 0.6 is 0 Å². The van der Waals surface area contributed by atoms with Gasteiger partial charge in [-0.2, -0.15) is 0 Å². The molecular weight excluding hydrogens is 150 g/mol. The zero-order chi connectivity index (χ0) is 9.15. The van der Waals surface area contributed by atoms with Crippen molar-refractivity contribution in [2.24, 2.45) is 5.73 Å². The first-order valence-corrected chi connectivity index (χ1v) is 1.69. The third-order valence-corrected chi connectivity index (χ3v) is 0. The second-order valence-electron chi connectivity index (χ2n) is 0.461. The standard InChI is InChI=1S/CH5N.HNO3.NO3/c1-2;2*2-1(3)4/h2H2,1H3;(H,2,3,4);/q;;-1. The molecule has 9 nitrogen and oxygen atoms in total. The Morgan fingerprint density at radius 3 is 1.20 bits per heavy atom. The molecule has 0 rings (SSSR count). The van der Waals surface area contributed by atoms with Crippen molar-refractivity contribution < 1.29 is 15.4 Å². The first-order chi connectivity index (χ1) is 4.46. The molecule has 0 aromatic heterocycles. The highest BCUT2D eigenvalue weighted by atomic mass is 16.9. The summed E-state index contributed by atoms with van der Waals surface area (Å²) in [5, 5.41) is 28.4. The van der Waals surface area contributed by atoms with Gasteiger partial charge in [-0.1, -0.05) is 0 Å². The van der Waals surface area contributed by atoms with E-state index in [0.717, 1.165) is 0 Å². The number of nitrogens with zero attached hydrogens (tertiary/aromatic N) is 2. The Kier molecular flexibility index (Phi) is 24.7. The van der Waals surface area contributed by atoms with Gasteiger partial charge in [-0.05, 0) is 7.05 Å². The van der Waals surface area contributed by atoms with Gasteiger partial charge in [0.05, 0.1) is 5.09 Å². The molecule has 0 aliphatic carbocycles. The summed E-state index contributed by atoms with van der Waals surface area (Å²) in [5.74, 6) is 0. The van der Waals surface area contributed by atoms with Crippen LogP contribution in [-0.2, 0) is 0 Å². The summed E-state index contributed by atoms with van der Waals surface area (Å²) < 4.78 is 0. The molecule has 0 aliphatic rings. The summed E-state index contributed by atoms with van der Waals surface area (Å²) >= 11 is 0. The molecular formula is CH6N3O6-. The quantitative estimate of drug-likeness (QED) is 0.336. The van der Waals surface area contributed by atoms with E-state index < -0.39 is 10.2 Å². The van der Waals surface area contributed by atoms with Crippen LogP contribution < -0.4 is 5.73 Å². The van der Waals surface area contributed by atoms with Gasteiger partial charge < -0.3 is 26.3 Å². The molecule has 0 spiro atoms. The number of hydrogen-bond donors (Lipinski definition) is 2. The molecule has 0 amide bonds. The predicted molar refractivity (Wildman–Crippen MR) is 29.3 cm³/mol. The zero-order valence-electron chi connectivity index (χ0n) is 4.96. The van der Waals surface area contributed by atoms with Crippen molar-refractivity contribution in [2.45, 2.75) is 0 Å². The number of rotatable bonds is 0. The average Bonchev–Trinajstić information content (AvgIpc) is 1.66. The largest absolute Gasteiger partial charge is 0.356 e. The van der Waals surface area contributed by atoms with Gasteiger partial charge in [-0.25, -0.2) is 0 Å². The van der Waals surface area contributed by atoms with E-state index in [-0.39, 0.29) is 0 Å². The van der Waals surface area contributed by atoms with E-state index in [1.807, 2.05) is 0 Å². The van der Waals surface area contributed by atoms with Crippen LogP contribution in [0.25, 0.3) is 0 Å². The van der Waals surface area contributed by atoms with Crippen molar-refractivity contribution in [3.8, 4) is 0 Å². The van der Waals surface area contributed by atoms with Crippen molar-refractivity contribution >= 4 is 0 Å². The SMILES string of the molecule is CN.O=[N+]([O-])O.O=[N+]([O-])[O-]. The summed E-state index contributed by atoms with van der Waals surface area (Å²) in [6, 6.07) is 0. The Morgan fingerprint density at radius 2 is 1.20 bits per heavy atom. The van der Waals surface area contributed by atoms with Crippen LogP contribution in [0.5, 0.6) is 0 Å². The zero-order valence-corrected chi connectivity index (χ0v) is 4.96. The molecule has 3 N–H and O–H groups in total. The summed E-state index contributed by atoms with van der Waals surface area (Å²) in [6.07, 6.45) is 0. The lowest BCUT2D eigenvalue weighted by molar-refractivity contribution is -0.742. The predicted octanol–water partition coefficient (Wildman–Crippen LogP) is -1.01. The first-order valence-electron chi connectivity index (χ1n) is 1.69. The molecule has 0 saturated heterocycles. The highest BCUT2D eigenvalue weighted by Gasteiger charge is 1.65. The molecule has 10 heavy (non-hydrogen) atoms. The second-order valence-corrected chi connectivity index (χ2v) is 0.461. The lowest BCUT2D eigenvalue weighted by Crippen LogP contribution is -1.81. The van der Waals surface area contributed by atoms with Crippen molar-refractivity contribution in [1.29, 1.82) is 0 Å².